The molecule has 5 nitrogen and oxygen atoms in total. The zero-order chi connectivity index (χ0) is 19.0. The molecule has 1 saturated heterocycles. The van der Waals surface area contributed by atoms with Crippen LogP contribution in [0.5, 0.6) is 0 Å². The summed E-state index contributed by atoms with van der Waals surface area (Å²) < 4.78 is 27.7. The van der Waals surface area contributed by atoms with Crippen LogP contribution in [0.1, 0.15) is 28.8 Å². The van der Waals surface area contributed by atoms with E-state index in [1.165, 1.54) is 11.0 Å². The number of aliphatic imine (C=N–C) groups is 1. The Morgan fingerprint density at radius 2 is 1.74 bits per heavy atom. The molecule has 1 fully saturated rings. The number of carbonyl (C=O) groups excluding carboxylic acids is 1. The fraction of sp³-hybridized carbons (Fsp3) is 0.263. The van der Waals surface area contributed by atoms with Gasteiger partial charge in [-0.3, -0.25) is 4.79 Å². The number of halogens is 3. The third-order valence-electron chi connectivity index (χ3n) is 4.78. The van der Waals surface area contributed by atoms with E-state index in [1.54, 1.807) is 12.1 Å². The summed E-state index contributed by atoms with van der Waals surface area (Å²) in [6.45, 7) is 0.567. The molecule has 2 aromatic rings. The first kappa shape index (κ1) is 17.9. The second-order valence-electron chi connectivity index (χ2n) is 6.51. The Hall–Kier alpha value is -2.51. The van der Waals surface area contributed by atoms with Gasteiger partial charge < -0.3 is 4.90 Å². The molecule has 140 valence electrons. The van der Waals surface area contributed by atoms with E-state index in [2.05, 4.69) is 10.5 Å². The van der Waals surface area contributed by atoms with Crippen molar-refractivity contribution in [2.45, 2.75) is 18.6 Å². The Balaban J connectivity index is 1.47. The average Bonchev–Trinajstić information content (AvgIpc) is 3.06. The van der Waals surface area contributed by atoms with Crippen LogP contribution in [0.3, 0.4) is 0 Å². The van der Waals surface area contributed by atoms with Crippen molar-refractivity contribution in [1.82, 2.24) is 10.4 Å². The Bertz CT molecular complexity index is 889. The molecule has 0 aromatic heterocycles. The normalized spacial score (nSPS) is 18.3. The van der Waals surface area contributed by atoms with Gasteiger partial charge in [-0.2, -0.15) is 0 Å². The summed E-state index contributed by atoms with van der Waals surface area (Å²) in [6.07, 6.45) is 0.831. The summed E-state index contributed by atoms with van der Waals surface area (Å²) in [6, 6.07) is 10.6. The van der Waals surface area contributed by atoms with Gasteiger partial charge in [0, 0.05) is 36.5 Å². The van der Waals surface area contributed by atoms with Crippen LogP contribution in [0.15, 0.2) is 47.5 Å². The van der Waals surface area contributed by atoms with Gasteiger partial charge in [0.15, 0.2) is 11.6 Å². The van der Waals surface area contributed by atoms with Crippen molar-refractivity contribution < 1.29 is 18.4 Å². The van der Waals surface area contributed by atoms with E-state index < -0.39 is 28.8 Å². The van der Waals surface area contributed by atoms with Crippen LogP contribution in [0.2, 0.25) is 5.02 Å². The lowest BCUT2D eigenvalue weighted by molar-refractivity contribution is -0.0850. The van der Waals surface area contributed by atoms with E-state index in [4.69, 9.17) is 16.4 Å². The highest BCUT2D eigenvalue weighted by molar-refractivity contribution is 6.30. The number of nitrogens with zero attached hydrogens (tertiary/aromatic N) is 2. The maximum absolute atomic E-state index is 13.9. The third-order valence-corrected chi connectivity index (χ3v) is 5.03. The predicted octanol–water partition coefficient (Wildman–Crippen LogP) is 3.53. The first-order chi connectivity index (χ1) is 13.0. The summed E-state index contributed by atoms with van der Waals surface area (Å²) >= 11 is 5.90. The number of piperidine rings is 1. The second kappa shape index (κ2) is 6.90. The van der Waals surface area contributed by atoms with E-state index in [9.17, 15) is 13.6 Å². The maximum atomic E-state index is 13.9. The number of hydrogen-bond acceptors (Lipinski definition) is 4. The Morgan fingerprint density at radius 1 is 1.11 bits per heavy atom. The summed E-state index contributed by atoms with van der Waals surface area (Å²) in [5, 5.41) is 0.625. The number of hydrogen-bond donors (Lipinski definition) is 1. The van der Waals surface area contributed by atoms with E-state index in [0.29, 0.717) is 23.7 Å². The molecule has 0 atom stereocenters. The van der Waals surface area contributed by atoms with Crippen molar-refractivity contribution >= 4 is 23.3 Å². The zero-order valence-electron chi connectivity index (χ0n) is 14.2. The van der Waals surface area contributed by atoms with Gasteiger partial charge in [-0.15, -0.1) is 0 Å². The minimum absolute atomic E-state index is 0.283. The van der Waals surface area contributed by atoms with Gasteiger partial charge in [0.1, 0.15) is 17.2 Å². The van der Waals surface area contributed by atoms with Crippen molar-refractivity contribution in [2.24, 2.45) is 4.99 Å². The summed E-state index contributed by atoms with van der Waals surface area (Å²) in [5.41, 5.74) is 2.35. The summed E-state index contributed by atoms with van der Waals surface area (Å²) in [7, 11) is 0. The molecule has 1 N–H and O–H groups in total. The van der Waals surface area contributed by atoms with Gasteiger partial charge >= 0.3 is 0 Å². The number of likely N-dealkylation sites (tertiary alicyclic amines) is 1. The van der Waals surface area contributed by atoms with Gasteiger partial charge in [-0.1, -0.05) is 17.7 Å². The Morgan fingerprint density at radius 3 is 2.37 bits per heavy atom. The van der Waals surface area contributed by atoms with Gasteiger partial charge in [0.2, 0.25) is 0 Å². The van der Waals surface area contributed by atoms with Gasteiger partial charge in [0.25, 0.3) is 5.91 Å². The topological polar surface area (TPSA) is 53.9 Å². The van der Waals surface area contributed by atoms with Gasteiger partial charge in [-0.05, 0) is 36.4 Å². The highest BCUT2D eigenvalue weighted by Gasteiger charge is 2.42. The molecular weight excluding hydrogens is 376 g/mol. The number of amides is 1. The molecule has 0 unspecified atom stereocenters. The summed E-state index contributed by atoms with van der Waals surface area (Å²) in [4.78, 5) is 24.2. The third kappa shape index (κ3) is 3.40. The van der Waals surface area contributed by atoms with Gasteiger partial charge in [0.05, 0.1) is 0 Å². The maximum Gasteiger partial charge on any atom is 0.259 e. The minimum atomic E-state index is -0.859. The number of rotatable bonds is 2. The lowest BCUT2D eigenvalue weighted by Crippen LogP contribution is -2.47. The first-order valence-corrected chi connectivity index (χ1v) is 8.88. The highest BCUT2D eigenvalue weighted by Crippen LogP contribution is 2.32. The van der Waals surface area contributed by atoms with Crippen molar-refractivity contribution in [3.63, 3.8) is 0 Å². The molecule has 1 spiro atoms. The number of amidine groups is 1. The summed E-state index contributed by atoms with van der Waals surface area (Å²) in [5.74, 6) is -1.79. The Kier molecular flexibility index (Phi) is 4.57. The molecule has 2 aliphatic heterocycles. The molecule has 2 heterocycles. The molecule has 0 saturated carbocycles. The Labute approximate surface area is 159 Å². The number of hydroxylamine groups is 1. The largest absolute Gasteiger partial charge is 0.338 e. The fourth-order valence-corrected chi connectivity index (χ4v) is 3.38. The van der Waals surface area contributed by atoms with Crippen LogP contribution < -0.4 is 5.48 Å². The zero-order valence-corrected chi connectivity index (χ0v) is 15.0. The van der Waals surface area contributed by atoms with E-state index in [1.807, 2.05) is 12.1 Å². The van der Waals surface area contributed by atoms with Crippen molar-refractivity contribution in [2.75, 3.05) is 13.1 Å². The highest BCUT2D eigenvalue weighted by atomic mass is 35.5. The quantitative estimate of drug-likeness (QED) is 0.852. The van der Waals surface area contributed by atoms with Crippen LogP contribution >= 0.6 is 11.6 Å². The SMILES string of the molecule is O=C(c1c(F)cccc1F)N1CCC2(CC1)N=C(c1ccc(Cl)cc1)NO2. The van der Waals surface area contributed by atoms with Crippen LogP contribution in [0, 0.1) is 11.6 Å². The van der Waals surface area contributed by atoms with Crippen molar-refractivity contribution in [1.29, 1.82) is 0 Å². The first-order valence-electron chi connectivity index (χ1n) is 8.51. The lowest BCUT2D eigenvalue weighted by atomic mass is 10.00. The molecule has 27 heavy (non-hydrogen) atoms. The standard InChI is InChI=1S/C19H16ClF2N3O2/c20-13-6-4-12(5-7-13)17-23-19(27-24-17)8-10-25(11-9-19)18(26)16-14(21)2-1-3-15(16)22/h1-7H,8-11H2,(H,23,24). The molecule has 0 bridgehead atoms. The smallest absolute Gasteiger partial charge is 0.259 e. The van der Waals surface area contributed by atoms with Gasteiger partial charge in [-0.25, -0.2) is 24.1 Å². The molecule has 2 aliphatic rings. The van der Waals surface area contributed by atoms with Crippen molar-refractivity contribution in [3.8, 4) is 0 Å². The monoisotopic (exact) mass is 391 g/mol. The molecule has 4 rings (SSSR count). The van der Waals surface area contributed by atoms with Crippen LogP contribution in [-0.2, 0) is 4.84 Å². The second-order valence-corrected chi connectivity index (χ2v) is 6.94. The molecule has 1 amide bonds. The molecule has 0 aliphatic carbocycles. The van der Waals surface area contributed by atoms with Crippen LogP contribution in [0.4, 0.5) is 8.78 Å². The van der Waals surface area contributed by atoms with Crippen LogP contribution in [-0.4, -0.2) is 35.5 Å². The number of carbonyl (C=O) groups is 1. The minimum Gasteiger partial charge on any atom is -0.338 e. The van der Waals surface area contributed by atoms with Crippen LogP contribution in [0.25, 0.3) is 0 Å². The number of benzene rings is 2. The molecular formula is C19H16ClF2N3O2. The predicted molar refractivity (Wildman–Crippen MR) is 96.4 cm³/mol. The van der Waals surface area contributed by atoms with E-state index in [-0.39, 0.29) is 13.1 Å². The molecule has 0 radical (unpaired) electrons. The average molecular weight is 392 g/mol. The lowest BCUT2D eigenvalue weighted by Gasteiger charge is -2.35. The molecule has 8 heteroatoms. The molecule has 2 aromatic carbocycles. The van der Waals surface area contributed by atoms with Crippen molar-refractivity contribution in [3.05, 3.63) is 70.2 Å². The van der Waals surface area contributed by atoms with E-state index >= 15 is 0 Å². The number of nitrogens with one attached hydrogen (secondary N) is 1. The fourth-order valence-electron chi connectivity index (χ4n) is 3.26. The van der Waals surface area contributed by atoms with E-state index in [0.717, 1.165) is 17.7 Å².